The molecule has 1 saturated heterocycles. The molecular formula is C14H19NO4. The van der Waals surface area contributed by atoms with Crippen LogP contribution in [0.1, 0.15) is 18.6 Å². The van der Waals surface area contributed by atoms with E-state index in [1.54, 1.807) is 31.4 Å². The Bertz CT molecular complexity index is 439. The van der Waals surface area contributed by atoms with Crippen LogP contribution in [0, 0.1) is 5.41 Å². The minimum absolute atomic E-state index is 0.00467. The fraction of sp³-hybridized carbons (Fsp3) is 0.500. The topological polar surface area (TPSA) is 67.8 Å². The zero-order valence-electron chi connectivity index (χ0n) is 11.2. The van der Waals surface area contributed by atoms with Crippen molar-refractivity contribution in [3.63, 3.8) is 0 Å². The summed E-state index contributed by atoms with van der Waals surface area (Å²) in [6.45, 7) is 3.84. The molecule has 0 unspecified atom stereocenters. The third-order valence-electron chi connectivity index (χ3n) is 3.27. The van der Waals surface area contributed by atoms with Crippen molar-refractivity contribution in [1.82, 2.24) is 5.32 Å². The summed E-state index contributed by atoms with van der Waals surface area (Å²) in [7, 11) is 1.57. The van der Waals surface area contributed by atoms with Crippen LogP contribution < -0.4 is 10.1 Å². The number of hydrogen-bond acceptors (Lipinski definition) is 4. The van der Waals surface area contributed by atoms with Gasteiger partial charge in [0.2, 0.25) is 0 Å². The summed E-state index contributed by atoms with van der Waals surface area (Å²) < 4.78 is 10.1. The minimum atomic E-state index is -1.16. The van der Waals surface area contributed by atoms with Gasteiger partial charge in [-0.3, -0.25) is 4.79 Å². The summed E-state index contributed by atoms with van der Waals surface area (Å²) in [5.74, 6) is 0.300. The predicted molar refractivity (Wildman–Crippen MR) is 69.9 cm³/mol. The SMILES string of the molecule is COc1ccc([C@@H](O)C(=O)NCC2(C)COC2)cc1. The van der Waals surface area contributed by atoms with Crippen molar-refractivity contribution in [1.29, 1.82) is 0 Å². The number of aliphatic hydroxyl groups excluding tert-OH is 1. The highest BCUT2D eigenvalue weighted by Gasteiger charge is 2.34. The number of rotatable bonds is 5. The first-order valence-corrected chi connectivity index (χ1v) is 6.21. The predicted octanol–water partition coefficient (Wildman–Crippen LogP) is 0.881. The molecule has 0 aliphatic carbocycles. The van der Waals surface area contributed by atoms with Crippen LogP contribution in [0.3, 0.4) is 0 Å². The van der Waals surface area contributed by atoms with E-state index in [1.165, 1.54) is 0 Å². The second-order valence-electron chi connectivity index (χ2n) is 5.20. The molecule has 1 amide bonds. The molecule has 2 rings (SSSR count). The van der Waals surface area contributed by atoms with Crippen molar-refractivity contribution < 1.29 is 19.4 Å². The Hall–Kier alpha value is -1.59. The molecule has 2 N–H and O–H groups in total. The summed E-state index contributed by atoms with van der Waals surface area (Å²) in [6, 6.07) is 6.79. The molecule has 5 nitrogen and oxygen atoms in total. The molecule has 104 valence electrons. The number of ether oxygens (including phenoxy) is 2. The van der Waals surface area contributed by atoms with E-state index in [1.807, 2.05) is 6.92 Å². The standard InChI is InChI=1S/C14H19NO4/c1-14(8-19-9-14)7-15-13(17)12(16)10-3-5-11(18-2)6-4-10/h3-6,12,16H,7-9H2,1-2H3,(H,15,17)/t12-/m1/s1. The Morgan fingerprint density at radius 1 is 1.47 bits per heavy atom. The molecule has 1 fully saturated rings. The van der Waals surface area contributed by atoms with Gasteiger partial charge in [0.05, 0.1) is 20.3 Å². The third kappa shape index (κ3) is 3.24. The lowest BCUT2D eigenvalue weighted by Crippen LogP contribution is -2.49. The quantitative estimate of drug-likeness (QED) is 0.829. The Kier molecular flexibility index (Phi) is 4.07. The lowest BCUT2D eigenvalue weighted by atomic mass is 9.88. The first-order valence-electron chi connectivity index (χ1n) is 6.21. The number of methoxy groups -OCH3 is 1. The van der Waals surface area contributed by atoms with Crippen LogP contribution in [-0.2, 0) is 9.53 Å². The monoisotopic (exact) mass is 265 g/mol. The number of benzene rings is 1. The van der Waals surface area contributed by atoms with Crippen molar-refractivity contribution in [2.45, 2.75) is 13.0 Å². The number of aliphatic hydroxyl groups is 1. The summed E-state index contributed by atoms with van der Waals surface area (Å²) in [6.07, 6.45) is -1.16. The normalized spacial score (nSPS) is 18.3. The van der Waals surface area contributed by atoms with Gasteiger partial charge in [0, 0.05) is 12.0 Å². The molecule has 1 aliphatic rings. The van der Waals surface area contributed by atoms with E-state index in [0.717, 1.165) is 0 Å². The summed E-state index contributed by atoms with van der Waals surface area (Å²) in [5.41, 5.74) is 0.545. The van der Waals surface area contributed by atoms with Gasteiger partial charge in [-0.25, -0.2) is 0 Å². The molecule has 0 spiro atoms. The third-order valence-corrected chi connectivity index (χ3v) is 3.27. The zero-order chi connectivity index (χ0) is 13.9. The van der Waals surface area contributed by atoms with Crippen molar-refractivity contribution in [2.24, 2.45) is 5.41 Å². The molecule has 0 saturated carbocycles. The molecule has 1 aliphatic heterocycles. The average molecular weight is 265 g/mol. The Labute approximate surface area is 112 Å². The molecule has 19 heavy (non-hydrogen) atoms. The van der Waals surface area contributed by atoms with E-state index in [4.69, 9.17) is 9.47 Å². The fourth-order valence-corrected chi connectivity index (χ4v) is 1.89. The van der Waals surface area contributed by atoms with Crippen LogP contribution in [0.25, 0.3) is 0 Å². The van der Waals surface area contributed by atoms with Crippen LogP contribution in [-0.4, -0.2) is 37.9 Å². The van der Waals surface area contributed by atoms with Gasteiger partial charge < -0.3 is 19.9 Å². The van der Waals surface area contributed by atoms with Crippen molar-refractivity contribution in [2.75, 3.05) is 26.9 Å². The maximum atomic E-state index is 11.9. The van der Waals surface area contributed by atoms with Crippen LogP contribution in [0.4, 0.5) is 0 Å². The van der Waals surface area contributed by atoms with Crippen LogP contribution in [0.2, 0.25) is 0 Å². The molecule has 0 radical (unpaired) electrons. The Balaban J connectivity index is 1.90. The van der Waals surface area contributed by atoms with Gasteiger partial charge in [0.15, 0.2) is 6.10 Å². The Morgan fingerprint density at radius 3 is 2.58 bits per heavy atom. The van der Waals surface area contributed by atoms with Gasteiger partial charge in [-0.1, -0.05) is 19.1 Å². The van der Waals surface area contributed by atoms with Crippen molar-refractivity contribution >= 4 is 5.91 Å². The number of carbonyl (C=O) groups is 1. The van der Waals surface area contributed by atoms with Gasteiger partial charge in [-0.2, -0.15) is 0 Å². The lowest BCUT2D eigenvalue weighted by Gasteiger charge is -2.38. The van der Waals surface area contributed by atoms with Gasteiger partial charge in [-0.15, -0.1) is 0 Å². The Morgan fingerprint density at radius 2 is 2.11 bits per heavy atom. The molecule has 1 aromatic rings. The van der Waals surface area contributed by atoms with Crippen molar-refractivity contribution in [3.05, 3.63) is 29.8 Å². The highest BCUT2D eigenvalue weighted by molar-refractivity contribution is 5.81. The second-order valence-corrected chi connectivity index (χ2v) is 5.20. The van der Waals surface area contributed by atoms with E-state index in [-0.39, 0.29) is 5.41 Å². The highest BCUT2D eigenvalue weighted by atomic mass is 16.5. The van der Waals surface area contributed by atoms with Crippen molar-refractivity contribution in [3.8, 4) is 5.75 Å². The van der Waals surface area contributed by atoms with E-state index in [2.05, 4.69) is 5.32 Å². The number of hydrogen-bond donors (Lipinski definition) is 2. The largest absolute Gasteiger partial charge is 0.497 e. The summed E-state index contributed by atoms with van der Waals surface area (Å²) >= 11 is 0. The smallest absolute Gasteiger partial charge is 0.253 e. The van der Waals surface area contributed by atoms with Crippen LogP contribution in [0.5, 0.6) is 5.75 Å². The molecule has 0 bridgehead atoms. The number of nitrogens with one attached hydrogen (secondary N) is 1. The highest BCUT2D eigenvalue weighted by Crippen LogP contribution is 2.25. The first kappa shape index (κ1) is 13.8. The molecule has 1 atom stereocenters. The summed E-state index contributed by atoms with van der Waals surface area (Å²) in [5, 5.41) is 12.7. The molecular weight excluding hydrogens is 246 g/mol. The molecule has 0 aromatic heterocycles. The zero-order valence-corrected chi connectivity index (χ0v) is 11.2. The first-order chi connectivity index (χ1) is 9.04. The van der Waals surface area contributed by atoms with Gasteiger partial charge in [0.25, 0.3) is 5.91 Å². The van der Waals surface area contributed by atoms with E-state index >= 15 is 0 Å². The average Bonchev–Trinajstić information content (AvgIpc) is 2.42. The van der Waals surface area contributed by atoms with Gasteiger partial charge in [-0.05, 0) is 17.7 Å². The van der Waals surface area contributed by atoms with E-state index in [9.17, 15) is 9.90 Å². The van der Waals surface area contributed by atoms with Gasteiger partial charge >= 0.3 is 0 Å². The minimum Gasteiger partial charge on any atom is -0.497 e. The fourth-order valence-electron chi connectivity index (χ4n) is 1.89. The lowest BCUT2D eigenvalue weighted by molar-refractivity contribution is -0.134. The summed E-state index contributed by atoms with van der Waals surface area (Å²) in [4.78, 5) is 11.9. The maximum Gasteiger partial charge on any atom is 0.253 e. The van der Waals surface area contributed by atoms with Crippen LogP contribution >= 0.6 is 0 Å². The van der Waals surface area contributed by atoms with E-state index in [0.29, 0.717) is 31.1 Å². The maximum absolute atomic E-state index is 11.9. The molecule has 1 heterocycles. The molecule has 1 aromatic carbocycles. The number of carbonyl (C=O) groups excluding carboxylic acids is 1. The van der Waals surface area contributed by atoms with Gasteiger partial charge in [0.1, 0.15) is 5.75 Å². The van der Waals surface area contributed by atoms with E-state index < -0.39 is 12.0 Å². The second kappa shape index (κ2) is 5.59. The molecule has 5 heteroatoms. The van der Waals surface area contributed by atoms with Crippen LogP contribution in [0.15, 0.2) is 24.3 Å². The number of amides is 1.